The van der Waals surface area contributed by atoms with Crippen LogP contribution < -0.4 is 9.64 Å². The highest BCUT2D eigenvalue weighted by atomic mass is 16.5. The molecule has 0 bridgehead atoms. The van der Waals surface area contributed by atoms with Gasteiger partial charge in [0.15, 0.2) is 0 Å². The number of ether oxygens (including phenoxy) is 1. The molecule has 224 valence electrons. The molecule has 2 aromatic rings. The minimum atomic E-state index is -0.00813. The second-order valence-electron chi connectivity index (χ2n) is 10.0. The van der Waals surface area contributed by atoms with Gasteiger partial charge in [-0.3, -0.25) is 9.69 Å². The number of piperazine rings is 1. The van der Waals surface area contributed by atoms with E-state index < -0.39 is 0 Å². The summed E-state index contributed by atoms with van der Waals surface area (Å²) < 4.78 is 5.42. The number of fused-ring (bicyclic) bond motifs is 2. The summed E-state index contributed by atoms with van der Waals surface area (Å²) in [7, 11) is 3.76. The summed E-state index contributed by atoms with van der Waals surface area (Å²) >= 11 is 0. The molecule has 3 aliphatic rings. The Balaban J connectivity index is 0.000000465. The Morgan fingerprint density at radius 3 is 2.41 bits per heavy atom. The van der Waals surface area contributed by atoms with Crippen LogP contribution in [0.3, 0.4) is 0 Å². The molecule has 5 rings (SSSR count). The topological polar surface area (TPSA) is 88.8 Å². The number of hydrogen-bond donors (Lipinski definition) is 0. The van der Waals surface area contributed by atoms with Crippen molar-refractivity contribution in [2.45, 2.75) is 66.1 Å². The van der Waals surface area contributed by atoms with Gasteiger partial charge in [-0.1, -0.05) is 58.5 Å². The Labute approximate surface area is 247 Å². The number of aryl methyl sites for hydroxylation is 1. The third-order valence-corrected chi connectivity index (χ3v) is 7.70. The fraction of sp³-hybridized carbons (Fsp3) is 0.562. The van der Waals surface area contributed by atoms with E-state index in [1.165, 1.54) is 42.3 Å². The SMILES string of the molecule is C#N.C=CC(=O)N1CCN(c2nc(OC)nc3c2CN(C2CCc4ccccc42)C3)CC1.CC.CCCN(C)CC. The van der Waals surface area contributed by atoms with E-state index in [-0.39, 0.29) is 5.91 Å². The van der Waals surface area contributed by atoms with Crippen LogP contribution in [-0.2, 0) is 24.3 Å². The van der Waals surface area contributed by atoms with E-state index in [9.17, 15) is 4.79 Å². The molecule has 1 aromatic carbocycles. The molecular weight excluding hydrogens is 514 g/mol. The van der Waals surface area contributed by atoms with Gasteiger partial charge in [0.05, 0.1) is 12.8 Å². The monoisotopic (exact) mass is 563 g/mol. The number of benzene rings is 1. The first kappa shape index (κ1) is 33.7. The highest BCUT2D eigenvalue weighted by Gasteiger charge is 2.35. The van der Waals surface area contributed by atoms with Crippen LogP contribution in [0.2, 0.25) is 0 Å². The third kappa shape index (κ3) is 8.51. The smallest absolute Gasteiger partial charge is 0.318 e. The van der Waals surface area contributed by atoms with E-state index in [1.807, 2.05) is 18.7 Å². The Morgan fingerprint density at radius 2 is 1.83 bits per heavy atom. The standard InChI is InChI=1S/C23H27N5O2.C6H15N.C2H6.CHN/c1-3-21(29)26-10-12-27(13-11-26)22-18-14-28(15-19(18)24-23(25-22)30-2)20-9-8-16-6-4-5-7-17(16)20;1-4-6-7(3)5-2;2*1-2/h3-7,20H,1,8-15H2,2H3;4-6H2,1-3H3;1-2H3;1H. The molecule has 3 heterocycles. The van der Waals surface area contributed by atoms with Crippen LogP contribution in [0.5, 0.6) is 6.01 Å². The summed E-state index contributed by atoms with van der Waals surface area (Å²) in [5.74, 6) is 0.947. The van der Waals surface area contributed by atoms with Gasteiger partial charge >= 0.3 is 6.01 Å². The minimum Gasteiger partial charge on any atom is -0.467 e. The summed E-state index contributed by atoms with van der Waals surface area (Å²) in [6, 6.07) is 9.62. The van der Waals surface area contributed by atoms with Gasteiger partial charge < -0.3 is 19.4 Å². The second kappa shape index (κ2) is 17.4. The molecule has 1 atom stereocenters. The largest absolute Gasteiger partial charge is 0.467 e. The zero-order chi connectivity index (χ0) is 30.4. The first-order chi connectivity index (χ1) is 20.0. The van der Waals surface area contributed by atoms with Crippen molar-refractivity contribution in [1.82, 2.24) is 24.7 Å². The normalized spacial score (nSPS) is 17.1. The number of rotatable bonds is 7. The number of nitrogens with zero attached hydrogens (tertiary/aromatic N) is 7. The number of carbonyl (C=O) groups is 1. The lowest BCUT2D eigenvalue weighted by Crippen LogP contribution is -2.48. The molecule has 9 nitrogen and oxygen atoms in total. The van der Waals surface area contributed by atoms with Crippen molar-refractivity contribution in [1.29, 1.82) is 5.26 Å². The Bertz CT molecular complexity index is 1130. The number of aromatic nitrogens is 2. The molecule has 1 aromatic heterocycles. The molecule has 0 N–H and O–H groups in total. The third-order valence-electron chi connectivity index (χ3n) is 7.70. The molecule has 1 aliphatic carbocycles. The molecule has 1 unspecified atom stereocenters. The van der Waals surface area contributed by atoms with E-state index in [0.717, 1.165) is 50.5 Å². The maximum atomic E-state index is 11.9. The predicted molar refractivity (Wildman–Crippen MR) is 166 cm³/mol. The first-order valence-electron chi connectivity index (χ1n) is 14.8. The van der Waals surface area contributed by atoms with Crippen LogP contribution in [0, 0.1) is 11.8 Å². The minimum absolute atomic E-state index is 0.00813. The summed E-state index contributed by atoms with van der Waals surface area (Å²) in [5.41, 5.74) is 5.17. The maximum absolute atomic E-state index is 11.9. The van der Waals surface area contributed by atoms with Crippen molar-refractivity contribution in [2.75, 3.05) is 58.3 Å². The number of nitriles is 1. The van der Waals surface area contributed by atoms with E-state index in [4.69, 9.17) is 15.0 Å². The quantitative estimate of drug-likeness (QED) is 0.443. The van der Waals surface area contributed by atoms with Crippen molar-refractivity contribution < 1.29 is 9.53 Å². The van der Waals surface area contributed by atoms with Gasteiger partial charge in [0.2, 0.25) is 5.91 Å². The highest BCUT2D eigenvalue weighted by molar-refractivity contribution is 5.87. The fourth-order valence-corrected chi connectivity index (χ4v) is 5.53. The molecule has 2 aliphatic heterocycles. The summed E-state index contributed by atoms with van der Waals surface area (Å²) in [4.78, 5) is 30.3. The van der Waals surface area contributed by atoms with E-state index >= 15 is 0 Å². The lowest BCUT2D eigenvalue weighted by atomic mass is 10.1. The maximum Gasteiger partial charge on any atom is 0.318 e. The van der Waals surface area contributed by atoms with Crippen LogP contribution in [0.4, 0.5) is 5.82 Å². The highest BCUT2D eigenvalue weighted by Crippen LogP contribution is 2.41. The predicted octanol–water partition coefficient (Wildman–Crippen LogP) is 4.84. The Hall–Kier alpha value is -3.48. The summed E-state index contributed by atoms with van der Waals surface area (Å²) in [5, 5.41) is 6.50. The number of carbonyl (C=O) groups excluding carboxylic acids is 1. The lowest BCUT2D eigenvalue weighted by molar-refractivity contribution is -0.126. The van der Waals surface area contributed by atoms with Crippen molar-refractivity contribution in [2.24, 2.45) is 0 Å². The van der Waals surface area contributed by atoms with Gasteiger partial charge in [0.25, 0.3) is 0 Å². The number of amides is 1. The van der Waals surface area contributed by atoms with Crippen LogP contribution in [0.25, 0.3) is 0 Å². The molecule has 1 fully saturated rings. The van der Waals surface area contributed by atoms with Crippen LogP contribution in [0.15, 0.2) is 36.9 Å². The van der Waals surface area contributed by atoms with Crippen LogP contribution >= 0.6 is 0 Å². The van der Waals surface area contributed by atoms with Gasteiger partial charge in [-0.25, -0.2) is 5.26 Å². The molecule has 41 heavy (non-hydrogen) atoms. The van der Waals surface area contributed by atoms with Gasteiger partial charge in [-0.15, -0.1) is 0 Å². The second-order valence-corrected chi connectivity index (χ2v) is 10.0. The molecular formula is C32H49N7O2. The van der Waals surface area contributed by atoms with Crippen molar-refractivity contribution >= 4 is 11.7 Å². The van der Waals surface area contributed by atoms with Gasteiger partial charge in [-0.05, 0) is 56.6 Å². The van der Waals surface area contributed by atoms with Gasteiger partial charge in [-0.2, -0.15) is 9.97 Å². The van der Waals surface area contributed by atoms with E-state index in [1.54, 1.807) is 7.11 Å². The molecule has 9 heteroatoms. The van der Waals surface area contributed by atoms with Crippen LogP contribution in [0.1, 0.15) is 69.0 Å². The van der Waals surface area contributed by atoms with Gasteiger partial charge in [0.1, 0.15) is 5.82 Å². The number of methoxy groups -OCH3 is 1. The Morgan fingerprint density at radius 1 is 1.15 bits per heavy atom. The average molecular weight is 564 g/mol. The Kier molecular flexibility index (Phi) is 14.3. The zero-order valence-electron chi connectivity index (χ0n) is 26.0. The summed E-state index contributed by atoms with van der Waals surface area (Å²) in [6.07, 6.45) is 4.94. The molecule has 0 spiro atoms. The zero-order valence-corrected chi connectivity index (χ0v) is 26.0. The first-order valence-corrected chi connectivity index (χ1v) is 14.8. The molecule has 0 radical (unpaired) electrons. The average Bonchev–Trinajstić information content (AvgIpc) is 3.67. The molecule has 1 saturated heterocycles. The number of anilines is 1. The van der Waals surface area contributed by atoms with E-state index in [0.29, 0.717) is 25.1 Å². The fourth-order valence-electron chi connectivity index (χ4n) is 5.53. The molecule has 0 saturated carbocycles. The molecule has 1 amide bonds. The van der Waals surface area contributed by atoms with E-state index in [2.05, 4.69) is 78.0 Å². The van der Waals surface area contributed by atoms with Crippen molar-refractivity contribution in [3.63, 3.8) is 0 Å². The van der Waals surface area contributed by atoms with Crippen molar-refractivity contribution in [3.8, 4) is 12.6 Å². The van der Waals surface area contributed by atoms with Gasteiger partial charge in [0, 0.05) is 57.4 Å². The summed E-state index contributed by atoms with van der Waals surface area (Å²) in [6.45, 7) is 22.4. The number of hydrogen-bond acceptors (Lipinski definition) is 8. The van der Waals surface area contributed by atoms with Crippen LogP contribution in [-0.4, -0.2) is 84.0 Å². The lowest BCUT2D eigenvalue weighted by Gasteiger charge is -2.35. The van der Waals surface area contributed by atoms with Crippen molar-refractivity contribution in [3.05, 3.63) is 59.3 Å².